The first-order valence-electron chi connectivity index (χ1n) is 48.5. The summed E-state index contributed by atoms with van der Waals surface area (Å²) in [5.74, 6) is 0. The minimum atomic E-state index is 1.25. The van der Waals surface area contributed by atoms with Crippen molar-refractivity contribution >= 4 is 165 Å². The van der Waals surface area contributed by atoms with E-state index < -0.39 is 0 Å². The summed E-state index contributed by atoms with van der Waals surface area (Å²) in [7, 11) is 11.0. The van der Waals surface area contributed by atoms with Crippen LogP contribution in [0, 0.1) is 0 Å². The Balaban J connectivity index is 0.0000000900. The number of benzene rings is 25. The van der Waals surface area contributed by atoms with Crippen LogP contribution < -0.4 is 24.5 Å². The summed E-state index contributed by atoms with van der Waals surface area (Å²) in [5.41, 5.74) is 38.6. The average Bonchev–Trinajstić information content (AvgIpc) is 1.57. The van der Waals surface area contributed by atoms with E-state index in [-0.39, 0.29) is 0 Å². The molecule has 5 aliphatic rings. The van der Waals surface area contributed by atoms with Gasteiger partial charge in [-0.2, -0.15) is 0 Å². The summed E-state index contributed by atoms with van der Waals surface area (Å²) < 4.78 is 0. The zero-order chi connectivity index (χ0) is 93.3. The molecule has 5 heteroatoms. The molecule has 0 fully saturated rings. The Morgan fingerprint density at radius 1 is 0.107 bits per heavy atom. The highest BCUT2D eigenvalue weighted by molar-refractivity contribution is 6.20. The molecule has 0 amide bonds. The Hall–Kier alpha value is -17.9. The summed E-state index contributed by atoms with van der Waals surface area (Å²) in [5, 5.41) is 25.7. The third-order valence-electron chi connectivity index (χ3n) is 29.9. The highest BCUT2D eigenvalue weighted by Crippen LogP contribution is 2.58. The van der Waals surface area contributed by atoms with Gasteiger partial charge in [-0.05, 0) is 208 Å². The summed E-state index contributed by atoms with van der Waals surface area (Å²) >= 11 is 0. The fourth-order valence-corrected chi connectivity index (χ4v) is 23.3. The number of rotatable bonds is 0. The lowest BCUT2D eigenvalue weighted by Gasteiger charge is -2.25. The van der Waals surface area contributed by atoms with Gasteiger partial charge in [0, 0.05) is 147 Å². The molecule has 0 unspecified atom stereocenters. The number of hydrogen-bond acceptors (Lipinski definition) is 5. The van der Waals surface area contributed by atoms with Crippen LogP contribution in [0.4, 0.5) is 56.9 Å². The molecule has 0 radical (unpaired) electrons. The molecule has 30 rings (SSSR count). The predicted octanol–water partition coefficient (Wildman–Crippen LogP) is 37.0. The van der Waals surface area contributed by atoms with E-state index in [1.807, 2.05) is 0 Å². The minimum Gasteiger partial charge on any atom is -0.344 e. The first-order chi connectivity index (χ1) is 69.1. The topological polar surface area (TPSA) is 16.2 Å². The Morgan fingerprint density at radius 2 is 0.279 bits per heavy atom. The standard InChI is InChI=1S/5C27H19N/c1-28-26-16-20-10-4-2-8-18(20)14-24(26)22-12-6-7-13-23(22)25-15-19-9-3-5-11-21(19)17-27(25)28;1-28-25-17-15-18-8-2-4-10-20(18)26(25)23-13-7-6-12-22(23)24-16-14-19-9-3-5-11-21(19)27(24)28;1-28-24-16-14-18-8-2-4-10-20(18)26(24)22-12-6-7-13-23(22)27-21-11-5-3-9-19(21)15-17-25(27)28;1-28-26-20-10-4-2-8-18(20)14-16-24(26)22-12-6-7-13-23(22)25-17-15-19-9-3-5-11-21(19)27(25)28;1-28-25-15-14-18-8-4-5-11-21(18)27(25)23-13-7-6-12-22(23)24-16-19-9-2-3-10-20(19)17-26(24)28/h5*2-17H,1H3. The monoisotopic (exact) mass is 1790 g/mol. The third kappa shape index (κ3) is 13.6. The normalized spacial score (nSPS) is 12.4. The van der Waals surface area contributed by atoms with Gasteiger partial charge in [-0.3, -0.25) is 0 Å². The van der Waals surface area contributed by atoms with E-state index in [2.05, 4.69) is 545 Å². The highest BCUT2D eigenvalue weighted by atomic mass is 15.1. The van der Waals surface area contributed by atoms with E-state index in [0.29, 0.717) is 0 Å². The molecule has 5 aliphatic heterocycles. The quantitative estimate of drug-likeness (QED) is 0.150. The van der Waals surface area contributed by atoms with E-state index in [1.54, 1.807) is 0 Å². The highest BCUT2D eigenvalue weighted by Gasteiger charge is 2.33. The van der Waals surface area contributed by atoms with E-state index >= 15 is 0 Å². The first-order valence-corrected chi connectivity index (χ1v) is 48.5. The van der Waals surface area contributed by atoms with Gasteiger partial charge < -0.3 is 24.5 Å². The second kappa shape index (κ2) is 33.9. The van der Waals surface area contributed by atoms with Gasteiger partial charge in [-0.25, -0.2) is 0 Å². The first kappa shape index (κ1) is 82.8. The van der Waals surface area contributed by atoms with Crippen LogP contribution in [0.1, 0.15) is 0 Å². The average molecular weight is 1790 g/mol. The van der Waals surface area contributed by atoms with Crippen molar-refractivity contribution in [2.75, 3.05) is 59.7 Å². The molecule has 25 aromatic rings. The van der Waals surface area contributed by atoms with Crippen molar-refractivity contribution in [2.45, 2.75) is 0 Å². The lowest BCUT2D eigenvalue weighted by molar-refractivity contribution is 1.23. The molecule has 5 heterocycles. The molecule has 0 atom stereocenters. The number of fused-ring (bicyclic) bond motifs is 42. The maximum Gasteiger partial charge on any atom is 0.0567 e. The Kier molecular flexibility index (Phi) is 20.0. The summed E-state index contributed by atoms with van der Waals surface area (Å²) in [6, 6.07) is 176. The fourth-order valence-electron chi connectivity index (χ4n) is 23.3. The van der Waals surface area contributed by atoms with Crippen LogP contribution in [0.5, 0.6) is 0 Å². The van der Waals surface area contributed by atoms with Crippen molar-refractivity contribution in [3.05, 3.63) is 485 Å². The van der Waals surface area contributed by atoms with E-state index in [1.165, 1.54) is 276 Å². The summed E-state index contributed by atoms with van der Waals surface area (Å²) in [4.78, 5) is 11.8. The van der Waals surface area contributed by atoms with E-state index in [4.69, 9.17) is 0 Å². The van der Waals surface area contributed by atoms with E-state index in [0.717, 1.165) is 0 Å². The number of anilines is 10. The molecule has 660 valence electrons. The molecule has 0 aliphatic carbocycles. The van der Waals surface area contributed by atoms with Crippen LogP contribution >= 0.6 is 0 Å². The van der Waals surface area contributed by atoms with Crippen molar-refractivity contribution in [1.29, 1.82) is 0 Å². The van der Waals surface area contributed by atoms with Gasteiger partial charge in [0.1, 0.15) is 0 Å². The second-order valence-corrected chi connectivity index (χ2v) is 37.4. The predicted molar refractivity (Wildman–Crippen MR) is 602 cm³/mol. The smallest absolute Gasteiger partial charge is 0.0567 e. The molecule has 0 bridgehead atoms. The lowest BCUT2D eigenvalue weighted by Crippen LogP contribution is -2.11. The third-order valence-corrected chi connectivity index (χ3v) is 29.9. The molecule has 0 saturated heterocycles. The molecule has 25 aromatic carbocycles. The number of hydrogen-bond donors (Lipinski definition) is 0. The Morgan fingerprint density at radius 3 is 0.564 bits per heavy atom. The van der Waals surface area contributed by atoms with E-state index in [9.17, 15) is 0 Å². The lowest BCUT2D eigenvalue weighted by atomic mass is 9.89. The molecule has 0 saturated carbocycles. The van der Waals surface area contributed by atoms with Crippen molar-refractivity contribution in [3.63, 3.8) is 0 Å². The van der Waals surface area contributed by atoms with Crippen LogP contribution in [0.3, 0.4) is 0 Å². The minimum absolute atomic E-state index is 1.25. The van der Waals surface area contributed by atoms with Gasteiger partial charge in [0.05, 0.1) is 17.1 Å². The van der Waals surface area contributed by atoms with Crippen LogP contribution in [0.15, 0.2) is 485 Å². The molecule has 0 N–H and O–H groups in total. The Bertz CT molecular complexity index is 8870. The van der Waals surface area contributed by atoms with Crippen LogP contribution in [-0.4, -0.2) is 35.2 Å². The van der Waals surface area contributed by atoms with Crippen molar-refractivity contribution in [2.24, 2.45) is 0 Å². The van der Waals surface area contributed by atoms with Crippen LogP contribution in [-0.2, 0) is 0 Å². The van der Waals surface area contributed by atoms with Gasteiger partial charge in [-0.1, -0.05) is 425 Å². The second-order valence-electron chi connectivity index (χ2n) is 37.4. The Labute approximate surface area is 815 Å². The SMILES string of the molecule is CN1c2c(ccc3ccccc23)-c2ccccc2-c2ccc3ccccc3c21.CN1c2cc3ccccc3cc2-c2ccccc2-c2c1ccc1ccccc21.CN1c2cc3ccccc3cc2-c2ccccc2-c2cc3ccccc3cc21.CN1c2ccc3ccccc3c2-c2ccccc2-c2c1ccc1ccccc21.CN1c2ccc3ccccc3c2-c2ccccc2-c2ccc3ccccc3c21. The van der Waals surface area contributed by atoms with Crippen molar-refractivity contribution in [3.8, 4) is 111 Å². The maximum atomic E-state index is 2.40. The van der Waals surface area contributed by atoms with Gasteiger partial charge in [0.25, 0.3) is 0 Å². The van der Waals surface area contributed by atoms with Gasteiger partial charge in [-0.15, -0.1) is 0 Å². The molecule has 0 aromatic heterocycles. The molecule has 5 nitrogen and oxygen atoms in total. The zero-order valence-electron chi connectivity index (χ0n) is 78.4. The van der Waals surface area contributed by atoms with Crippen molar-refractivity contribution in [1.82, 2.24) is 0 Å². The van der Waals surface area contributed by atoms with Gasteiger partial charge in [0.15, 0.2) is 0 Å². The van der Waals surface area contributed by atoms with Gasteiger partial charge >= 0.3 is 0 Å². The van der Waals surface area contributed by atoms with Crippen molar-refractivity contribution < 1.29 is 0 Å². The molecular formula is C135H95N5. The molecular weight excluding hydrogens is 1690 g/mol. The zero-order valence-corrected chi connectivity index (χ0v) is 78.4. The summed E-state index contributed by atoms with van der Waals surface area (Å²) in [6.45, 7) is 0. The largest absolute Gasteiger partial charge is 0.344 e. The van der Waals surface area contributed by atoms with Crippen LogP contribution in [0.25, 0.3) is 219 Å². The van der Waals surface area contributed by atoms with Crippen LogP contribution in [0.2, 0.25) is 0 Å². The molecule has 0 spiro atoms. The summed E-state index contributed by atoms with van der Waals surface area (Å²) in [6.07, 6.45) is 0. The maximum absolute atomic E-state index is 2.40. The molecule has 140 heavy (non-hydrogen) atoms. The number of nitrogens with zero attached hydrogens (tertiary/aromatic N) is 5. The van der Waals surface area contributed by atoms with Gasteiger partial charge in [0.2, 0.25) is 0 Å². The fraction of sp³-hybridized carbons (Fsp3) is 0.0370.